The molecule has 36 heavy (non-hydrogen) atoms. The molecule has 2 heterocycles. The van der Waals surface area contributed by atoms with E-state index in [9.17, 15) is 0 Å². The van der Waals surface area contributed by atoms with Crippen LogP contribution in [-0.2, 0) is 0 Å². The lowest BCUT2D eigenvalue weighted by Crippen LogP contribution is -1.96. The van der Waals surface area contributed by atoms with E-state index < -0.39 is 0 Å². The molecule has 0 amide bonds. The molecule has 1 atom stereocenters. The number of hydrogen-bond acceptors (Lipinski definition) is 2. The van der Waals surface area contributed by atoms with Gasteiger partial charge in [-0.2, -0.15) is 4.98 Å². The predicted molar refractivity (Wildman–Crippen MR) is 149 cm³/mol. The number of aromatic nitrogens is 2. The molecule has 1 aliphatic rings. The van der Waals surface area contributed by atoms with Crippen molar-refractivity contribution in [1.29, 1.82) is 0 Å². The van der Waals surface area contributed by atoms with Crippen LogP contribution < -0.4 is 0 Å². The number of allylic oxidation sites excluding steroid dienone is 4. The fourth-order valence-electron chi connectivity index (χ4n) is 5.40. The summed E-state index contributed by atoms with van der Waals surface area (Å²) >= 11 is 0. The monoisotopic (exact) mass is 466 g/mol. The molecule has 174 valence electrons. The molecule has 1 aliphatic carbocycles. The average Bonchev–Trinajstić information content (AvgIpc) is 3.46. The molecular formula is C33H26N2O. The van der Waals surface area contributed by atoms with Gasteiger partial charge in [0.15, 0.2) is 5.58 Å². The van der Waals surface area contributed by atoms with Gasteiger partial charge in [0.2, 0.25) is 0 Å². The second-order valence-electron chi connectivity index (χ2n) is 9.87. The van der Waals surface area contributed by atoms with Gasteiger partial charge in [-0.15, -0.1) is 0 Å². The summed E-state index contributed by atoms with van der Waals surface area (Å²) in [6.07, 6.45) is 8.00. The van der Waals surface area contributed by atoms with Crippen molar-refractivity contribution in [3.63, 3.8) is 0 Å². The molecule has 0 saturated heterocycles. The fraction of sp³-hybridized carbons (Fsp3) is 0.121. The van der Waals surface area contributed by atoms with Crippen molar-refractivity contribution < 1.29 is 4.42 Å². The summed E-state index contributed by atoms with van der Waals surface area (Å²) in [6.45, 7) is 4.41. The number of fused-ring (bicyclic) bond motifs is 4. The van der Waals surface area contributed by atoms with Gasteiger partial charge in [0, 0.05) is 10.8 Å². The van der Waals surface area contributed by atoms with E-state index in [1.807, 2.05) is 24.3 Å². The Labute approximate surface area is 210 Å². The summed E-state index contributed by atoms with van der Waals surface area (Å²) in [5, 5.41) is 2.40. The molecule has 4 aromatic carbocycles. The highest BCUT2D eigenvalue weighted by Crippen LogP contribution is 2.37. The summed E-state index contributed by atoms with van der Waals surface area (Å²) in [6, 6.07) is 30.7. The first-order valence-electron chi connectivity index (χ1n) is 12.5. The van der Waals surface area contributed by atoms with E-state index >= 15 is 0 Å². The minimum absolute atomic E-state index is 0.551. The summed E-state index contributed by atoms with van der Waals surface area (Å²) in [7, 11) is 0. The molecule has 7 rings (SSSR count). The van der Waals surface area contributed by atoms with Crippen molar-refractivity contribution in [2.45, 2.75) is 20.3 Å². The van der Waals surface area contributed by atoms with Crippen LogP contribution >= 0.6 is 0 Å². The van der Waals surface area contributed by atoms with Crippen molar-refractivity contribution >= 4 is 38.5 Å². The first-order chi connectivity index (χ1) is 17.6. The van der Waals surface area contributed by atoms with Gasteiger partial charge in [-0.3, -0.25) is 4.57 Å². The van der Waals surface area contributed by atoms with Gasteiger partial charge in [0.25, 0.3) is 0 Å². The van der Waals surface area contributed by atoms with Crippen molar-refractivity contribution in [2.75, 3.05) is 0 Å². The zero-order valence-corrected chi connectivity index (χ0v) is 20.4. The molecule has 2 aromatic heterocycles. The first kappa shape index (κ1) is 21.0. The Hall–Kier alpha value is -4.37. The molecule has 0 aliphatic heterocycles. The molecule has 0 bridgehead atoms. The molecule has 6 aromatic rings. The van der Waals surface area contributed by atoms with Crippen LogP contribution in [0.2, 0.25) is 0 Å². The Morgan fingerprint density at radius 2 is 1.56 bits per heavy atom. The number of rotatable bonds is 3. The average molecular weight is 467 g/mol. The lowest BCUT2D eigenvalue weighted by Gasteiger charge is -2.12. The Morgan fingerprint density at radius 1 is 0.806 bits per heavy atom. The van der Waals surface area contributed by atoms with E-state index in [1.54, 1.807) is 0 Å². The molecule has 3 nitrogen and oxygen atoms in total. The van der Waals surface area contributed by atoms with Gasteiger partial charge in [-0.25, -0.2) is 0 Å². The predicted octanol–water partition coefficient (Wildman–Crippen LogP) is 8.88. The maximum atomic E-state index is 6.25. The number of hydrogen-bond donors (Lipinski definition) is 0. The highest BCUT2D eigenvalue weighted by atomic mass is 16.4. The molecule has 0 N–H and O–H groups in total. The number of oxazole rings is 1. The van der Waals surface area contributed by atoms with Gasteiger partial charge in [0.05, 0.1) is 11.0 Å². The van der Waals surface area contributed by atoms with Crippen LogP contribution in [-0.4, -0.2) is 9.55 Å². The fourth-order valence-corrected chi connectivity index (χ4v) is 5.40. The molecule has 0 radical (unpaired) electrons. The van der Waals surface area contributed by atoms with Crippen LogP contribution in [0.5, 0.6) is 0 Å². The zero-order chi connectivity index (χ0) is 24.2. The molecule has 0 fully saturated rings. The number of aryl methyl sites for hydroxylation is 1. The Balaban J connectivity index is 1.51. The van der Waals surface area contributed by atoms with Crippen molar-refractivity contribution in [3.05, 3.63) is 114 Å². The zero-order valence-electron chi connectivity index (χ0n) is 20.4. The third-order valence-electron chi connectivity index (χ3n) is 7.19. The maximum absolute atomic E-state index is 6.25. The molecule has 1 unspecified atom stereocenters. The van der Waals surface area contributed by atoms with E-state index in [4.69, 9.17) is 9.40 Å². The number of nitrogens with zero attached hydrogens (tertiary/aromatic N) is 2. The van der Waals surface area contributed by atoms with Gasteiger partial charge in [-0.1, -0.05) is 79.2 Å². The van der Waals surface area contributed by atoms with E-state index in [0.29, 0.717) is 11.9 Å². The van der Waals surface area contributed by atoms with E-state index in [2.05, 4.69) is 97.3 Å². The smallest absolute Gasteiger partial charge is 0.307 e. The van der Waals surface area contributed by atoms with Crippen LogP contribution in [0.1, 0.15) is 24.5 Å². The van der Waals surface area contributed by atoms with Gasteiger partial charge in [0.1, 0.15) is 5.52 Å². The molecule has 0 spiro atoms. The minimum Gasteiger partial charge on any atom is -0.423 e. The van der Waals surface area contributed by atoms with Crippen LogP contribution in [0.4, 0.5) is 0 Å². The summed E-state index contributed by atoms with van der Waals surface area (Å²) in [4.78, 5) is 4.84. The van der Waals surface area contributed by atoms with Gasteiger partial charge >= 0.3 is 6.01 Å². The largest absolute Gasteiger partial charge is 0.423 e. The number of para-hydroxylation sites is 2. The second kappa shape index (κ2) is 8.10. The molecular weight excluding hydrogens is 440 g/mol. The Morgan fingerprint density at radius 3 is 2.33 bits per heavy atom. The summed E-state index contributed by atoms with van der Waals surface area (Å²) in [5.74, 6) is 0.551. The van der Waals surface area contributed by atoms with E-state index in [0.717, 1.165) is 28.6 Å². The minimum atomic E-state index is 0.551. The SMILES string of the molecule is Cc1cccc(-c2ccc3c(c2)c2cc(C4=CC(C)CC=C4)ccc2n3-c2nc3ccccc3o2)c1. The van der Waals surface area contributed by atoms with Gasteiger partial charge < -0.3 is 4.42 Å². The topological polar surface area (TPSA) is 31.0 Å². The summed E-state index contributed by atoms with van der Waals surface area (Å²) in [5.41, 5.74) is 10.1. The van der Waals surface area contributed by atoms with E-state index in [-0.39, 0.29) is 0 Å². The third kappa shape index (κ3) is 3.39. The maximum Gasteiger partial charge on any atom is 0.307 e. The van der Waals surface area contributed by atoms with Crippen LogP contribution in [0.15, 0.2) is 108 Å². The van der Waals surface area contributed by atoms with Crippen LogP contribution in [0.25, 0.3) is 55.6 Å². The van der Waals surface area contributed by atoms with Crippen LogP contribution in [0.3, 0.4) is 0 Å². The third-order valence-corrected chi connectivity index (χ3v) is 7.19. The Kier molecular flexibility index (Phi) is 4.71. The van der Waals surface area contributed by atoms with Crippen molar-refractivity contribution in [2.24, 2.45) is 5.92 Å². The molecule has 3 heteroatoms. The Bertz CT molecular complexity index is 1810. The van der Waals surface area contributed by atoms with E-state index in [1.165, 1.54) is 38.6 Å². The normalized spacial score (nSPS) is 15.7. The highest BCUT2D eigenvalue weighted by Gasteiger charge is 2.18. The van der Waals surface area contributed by atoms with Crippen molar-refractivity contribution in [3.8, 4) is 17.1 Å². The molecule has 0 saturated carbocycles. The van der Waals surface area contributed by atoms with Crippen molar-refractivity contribution in [1.82, 2.24) is 9.55 Å². The van der Waals surface area contributed by atoms with Gasteiger partial charge in [-0.05, 0) is 77.9 Å². The quantitative estimate of drug-likeness (QED) is 0.261. The van der Waals surface area contributed by atoms with Crippen LogP contribution in [0, 0.1) is 12.8 Å². The lowest BCUT2D eigenvalue weighted by molar-refractivity contribution is 0.574. The first-order valence-corrected chi connectivity index (χ1v) is 12.5. The standard InChI is InChI=1S/C33H26N2O/c1-21-7-5-9-23(17-21)25-13-15-30-27(19-25)28-20-26(24-10-6-8-22(2)18-24)14-16-31(28)35(30)33-34-29-11-3-4-12-32(29)36-33/h3-7,9-20,22H,8H2,1-2H3. The second-order valence-corrected chi connectivity index (χ2v) is 9.87. The summed E-state index contributed by atoms with van der Waals surface area (Å²) < 4.78 is 8.40. The highest BCUT2D eigenvalue weighted by molar-refractivity contribution is 6.11. The lowest BCUT2D eigenvalue weighted by atomic mass is 9.93. The number of benzene rings is 4.